The quantitative estimate of drug-likeness (QED) is 0.565. The average Bonchev–Trinajstić information content (AvgIpc) is 3.10. The van der Waals surface area contributed by atoms with Crippen LogP contribution in [0.3, 0.4) is 0 Å². The summed E-state index contributed by atoms with van der Waals surface area (Å²) in [5.74, 6) is 2.67. The molecule has 3 rings (SSSR count). The normalized spacial score (nSPS) is 19.1. The van der Waals surface area contributed by atoms with E-state index in [1.165, 1.54) is 38.8 Å². The number of likely N-dealkylation sites (tertiary alicyclic amines) is 1. The van der Waals surface area contributed by atoms with Crippen LogP contribution in [-0.2, 0) is 0 Å². The number of guanidine groups is 1. The maximum Gasteiger partial charge on any atom is 0.193 e. The lowest BCUT2D eigenvalue weighted by molar-refractivity contribution is 0.172. The van der Waals surface area contributed by atoms with E-state index < -0.39 is 0 Å². The van der Waals surface area contributed by atoms with Gasteiger partial charge in [-0.1, -0.05) is 26.7 Å². The number of hydrogen-bond donors (Lipinski definition) is 2. The van der Waals surface area contributed by atoms with Crippen molar-refractivity contribution in [2.75, 3.05) is 38.2 Å². The minimum absolute atomic E-state index is 0.458. The van der Waals surface area contributed by atoms with Crippen LogP contribution in [0.25, 0.3) is 0 Å². The molecule has 0 aliphatic carbocycles. The average molecular weight is 375 g/mol. The number of anilines is 1. The number of benzene rings is 1. The highest BCUT2D eigenvalue weighted by molar-refractivity contribution is 5.92. The molecule has 1 aromatic carbocycles. The lowest BCUT2D eigenvalue weighted by atomic mass is 9.93. The smallest absolute Gasteiger partial charge is 0.193 e. The SMILES string of the molecule is CCC(CC)C(CN=C(N)Nc1ccc2c(c1)OCCCO2)N1CCCC1. The van der Waals surface area contributed by atoms with E-state index in [1.807, 2.05) is 18.2 Å². The van der Waals surface area contributed by atoms with Crippen molar-refractivity contribution in [3.63, 3.8) is 0 Å². The number of fused-ring (bicyclic) bond motifs is 1. The molecule has 0 amide bonds. The minimum Gasteiger partial charge on any atom is -0.490 e. The predicted octanol–water partition coefficient (Wildman–Crippen LogP) is 3.48. The number of nitrogens with two attached hydrogens (primary N) is 1. The summed E-state index contributed by atoms with van der Waals surface area (Å²) in [5, 5.41) is 3.21. The Labute approximate surface area is 163 Å². The summed E-state index contributed by atoms with van der Waals surface area (Å²) in [6.45, 7) is 9.04. The van der Waals surface area contributed by atoms with Crippen LogP contribution in [0.2, 0.25) is 0 Å². The summed E-state index contributed by atoms with van der Waals surface area (Å²) in [4.78, 5) is 7.28. The van der Waals surface area contributed by atoms with Crippen LogP contribution in [0, 0.1) is 5.92 Å². The molecule has 27 heavy (non-hydrogen) atoms. The first-order chi connectivity index (χ1) is 13.2. The first-order valence-electron chi connectivity index (χ1n) is 10.4. The molecule has 3 N–H and O–H groups in total. The van der Waals surface area contributed by atoms with E-state index >= 15 is 0 Å². The molecule has 2 aliphatic rings. The molecule has 6 heteroatoms. The summed E-state index contributed by atoms with van der Waals surface area (Å²) < 4.78 is 11.4. The van der Waals surface area contributed by atoms with Gasteiger partial charge in [0.15, 0.2) is 17.5 Å². The lowest BCUT2D eigenvalue weighted by Crippen LogP contribution is -2.41. The molecule has 1 atom stereocenters. The Morgan fingerprint density at radius 1 is 1.11 bits per heavy atom. The third-order valence-corrected chi connectivity index (χ3v) is 5.67. The van der Waals surface area contributed by atoms with Gasteiger partial charge in [-0.05, 0) is 44.0 Å². The fourth-order valence-corrected chi connectivity index (χ4v) is 4.09. The van der Waals surface area contributed by atoms with Crippen molar-refractivity contribution in [2.45, 2.75) is 52.0 Å². The highest BCUT2D eigenvalue weighted by atomic mass is 16.5. The third kappa shape index (κ3) is 5.28. The highest BCUT2D eigenvalue weighted by Crippen LogP contribution is 2.32. The molecule has 0 aromatic heterocycles. The molecule has 6 nitrogen and oxygen atoms in total. The Bertz CT molecular complexity index is 623. The van der Waals surface area contributed by atoms with Gasteiger partial charge in [0.2, 0.25) is 0 Å². The summed E-state index contributed by atoms with van der Waals surface area (Å²) in [5.41, 5.74) is 7.07. The van der Waals surface area contributed by atoms with Crippen LogP contribution in [0.4, 0.5) is 5.69 Å². The first kappa shape index (κ1) is 19.8. The van der Waals surface area contributed by atoms with Gasteiger partial charge in [0.05, 0.1) is 19.8 Å². The van der Waals surface area contributed by atoms with E-state index in [0.29, 0.717) is 31.1 Å². The Kier molecular flexibility index (Phi) is 7.21. The van der Waals surface area contributed by atoms with Gasteiger partial charge in [-0.25, -0.2) is 0 Å². The zero-order valence-corrected chi connectivity index (χ0v) is 16.7. The Hall–Kier alpha value is -1.95. The first-order valence-corrected chi connectivity index (χ1v) is 10.4. The fourth-order valence-electron chi connectivity index (χ4n) is 4.09. The van der Waals surface area contributed by atoms with Crippen LogP contribution >= 0.6 is 0 Å². The van der Waals surface area contributed by atoms with Crippen molar-refractivity contribution in [3.8, 4) is 11.5 Å². The van der Waals surface area contributed by atoms with Gasteiger partial charge in [-0.15, -0.1) is 0 Å². The zero-order chi connectivity index (χ0) is 19.1. The number of nitrogens with zero attached hydrogens (tertiary/aromatic N) is 2. The number of rotatable bonds is 7. The van der Waals surface area contributed by atoms with Crippen molar-refractivity contribution >= 4 is 11.6 Å². The second kappa shape index (κ2) is 9.83. The number of ether oxygens (including phenoxy) is 2. The van der Waals surface area contributed by atoms with Crippen molar-refractivity contribution in [3.05, 3.63) is 18.2 Å². The van der Waals surface area contributed by atoms with Gasteiger partial charge < -0.3 is 20.5 Å². The summed E-state index contributed by atoms with van der Waals surface area (Å²) in [7, 11) is 0. The zero-order valence-electron chi connectivity index (χ0n) is 16.7. The van der Waals surface area contributed by atoms with Crippen molar-refractivity contribution in [2.24, 2.45) is 16.6 Å². The van der Waals surface area contributed by atoms with Crippen molar-refractivity contribution in [1.29, 1.82) is 0 Å². The summed E-state index contributed by atoms with van der Waals surface area (Å²) in [6.07, 6.45) is 5.86. The molecule has 0 bridgehead atoms. The predicted molar refractivity (Wildman–Crippen MR) is 111 cm³/mol. The van der Waals surface area contributed by atoms with Crippen molar-refractivity contribution < 1.29 is 9.47 Å². The Morgan fingerprint density at radius 2 is 1.81 bits per heavy atom. The summed E-state index contributed by atoms with van der Waals surface area (Å²) in [6, 6.07) is 6.29. The van der Waals surface area contributed by atoms with E-state index in [-0.39, 0.29) is 0 Å². The molecule has 1 aromatic rings. The molecule has 0 radical (unpaired) electrons. The van der Waals surface area contributed by atoms with Gasteiger partial charge >= 0.3 is 0 Å². The standard InChI is InChI=1S/C21H34N4O2/c1-3-16(4-2)18(25-10-5-6-11-25)15-23-21(22)24-17-8-9-19-20(14-17)27-13-7-12-26-19/h8-9,14,16,18H,3-7,10-13,15H2,1-2H3,(H3,22,23,24). The monoisotopic (exact) mass is 374 g/mol. The Morgan fingerprint density at radius 3 is 2.52 bits per heavy atom. The number of aliphatic imine (C=N–C) groups is 1. The molecule has 1 fully saturated rings. The second-order valence-corrected chi connectivity index (χ2v) is 7.45. The highest BCUT2D eigenvalue weighted by Gasteiger charge is 2.27. The van der Waals surface area contributed by atoms with Gasteiger partial charge in [-0.3, -0.25) is 9.89 Å². The van der Waals surface area contributed by atoms with Gasteiger partial charge in [0.25, 0.3) is 0 Å². The van der Waals surface area contributed by atoms with E-state index in [2.05, 4.69) is 29.1 Å². The molecule has 2 aliphatic heterocycles. The third-order valence-electron chi connectivity index (χ3n) is 5.67. The second-order valence-electron chi connectivity index (χ2n) is 7.45. The molecular weight excluding hydrogens is 340 g/mol. The maximum atomic E-state index is 6.19. The minimum atomic E-state index is 0.458. The number of nitrogens with one attached hydrogen (secondary N) is 1. The summed E-state index contributed by atoms with van der Waals surface area (Å²) >= 11 is 0. The van der Waals surface area contributed by atoms with E-state index in [9.17, 15) is 0 Å². The molecular formula is C21H34N4O2. The van der Waals surface area contributed by atoms with Gasteiger partial charge in [0, 0.05) is 24.2 Å². The molecule has 150 valence electrons. The molecule has 1 saturated heterocycles. The van der Waals surface area contributed by atoms with E-state index in [4.69, 9.17) is 15.2 Å². The maximum absolute atomic E-state index is 6.19. The van der Waals surface area contributed by atoms with Crippen LogP contribution in [0.5, 0.6) is 11.5 Å². The van der Waals surface area contributed by atoms with Gasteiger partial charge in [-0.2, -0.15) is 0 Å². The van der Waals surface area contributed by atoms with E-state index in [1.54, 1.807) is 0 Å². The molecule has 0 spiro atoms. The van der Waals surface area contributed by atoms with Crippen LogP contribution in [0.1, 0.15) is 46.0 Å². The number of hydrogen-bond acceptors (Lipinski definition) is 4. The topological polar surface area (TPSA) is 72.1 Å². The molecule has 0 saturated carbocycles. The lowest BCUT2D eigenvalue weighted by Gasteiger charge is -2.32. The van der Waals surface area contributed by atoms with Crippen LogP contribution in [-0.4, -0.2) is 49.7 Å². The largest absolute Gasteiger partial charge is 0.490 e. The Balaban J connectivity index is 1.64. The van der Waals surface area contributed by atoms with Gasteiger partial charge in [0.1, 0.15) is 0 Å². The van der Waals surface area contributed by atoms with E-state index in [0.717, 1.165) is 30.2 Å². The molecule has 1 unspecified atom stereocenters. The molecule has 2 heterocycles. The van der Waals surface area contributed by atoms with Crippen LogP contribution in [0.15, 0.2) is 23.2 Å². The fraction of sp³-hybridized carbons (Fsp3) is 0.667. The van der Waals surface area contributed by atoms with Crippen molar-refractivity contribution in [1.82, 2.24) is 4.90 Å². The van der Waals surface area contributed by atoms with Crippen LogP contribution < -0.4 is 20.5 Å².